The number of nitrogens with zero attached hydrogens (tertiary/aromatic N) is 1. The summed E-state index contributed by atoms with van der Waals surface area (Å²) in [4.78, 5) is 0. The van der Waals surface area contributed by atoms with E-state index in [0.29, 0.717) is 19.4 Å². The van der Waals surface area contributed by atoms with Crippen LogP contribution in [-0.4, -0.2) is 39.2 Å². The first-order chi connectivity index (χ1) is 11.6. The maximum atomic E-state index is 11.0. The van der Waals surface area contributed by atoms with Gasteiger partial charge in [-0.3, -0.25) is 9.11 Å². The van der Waals surface area contributed by atoms with Crippen LogP contribution in [0.3, 0.4) is 0 Å². The summed E-state index contributed by atoms with van der Waals surface area (Å²) in [6.07, 6.45) is 0.135. The predicted octanol–water partition coefficient (Wildman–Crippen LogP) is 3.39. The molecule has 1 aliphatic heterocycles. The average molecular weight is 348 g/mol. The van der Waals surface area contributed by atoms with Crippen LogP contribution in [0, 0.1) is 0 Å². The zero-order valence-corrected chi connectivity index (χ0v) is 14.5. The van der Waals surface area contributed by atoms with E-state index in [1.807, 2.05) is 61.6 Å². The highest BCUT2D eigenvalue weighted by Gasteiger charge is 2.42. The third kappa shape index (κ3) is 3.16. The van der Waals surface area contributed by atoms with Crippen LogP contribution in [0.15, 0.2) is 54.6 Å². The molecule has 4 N–H and O–H groups in total. The van der Waals surface area contributed by atoms with Crippen molar-refractivity contribution >= 4 is 22.2 Å². The molecule has 130 valence electrons. The number of hydrogen-bond donors (Lipinski definition) is 4. The molecule has 3 rings (SSSR count). The molecule has 0 radical (unpaired) electrons. The first kappa shape index (κ1) is 17.3. The minimum Gasteiger partial charge on any atom is -0.391 e. The van der Waals surface area contributed by atoms with Crippen LogP contribution in [0.2, 0.25) is 0 Å². The van der Waals surface area contributed by atoms with Crippen molar-refractivity contribution in [1.82, 2.24) is 5.32 Å². The van der Waals surface area contributed by atoms with Gasteiger partial charge in [-0.1, -0.05) is 36.4 Å². The van der Waals surface area contributed by atoms with Gasteiger partial charge in [0.1, 0.15) is 0 Å². The number of rotatable bonds is 5. The van der Waals surface area contributed by atoms with Gasteiger partial charge in [-0.05, 0) is 50.2 Å². The van der Waals surface area contributed by atoms with Gasteiger partial charge in [0.25, 0.3) is 0 Å². The standard InChI is InChI=1S/C18H24N2O3S/c1-19-12-11-17(21)18-13-14-7-5-6-10-16(14)20(24(18,22)23)15-8-3-2-4-9-15/h2-10,17-19,21-23H,11-13H2,1H3. The first-order valence-corrected chi connectivity index (χ1v) is 9.65. The van der Waals surface area contributed by atoms with Crippen molar-refractivity contribution in [1.29, 1.82) is 0 Å². The molecule has 5 nitrogen and oxygen atoms in total. The van der Waals surface area contributed by atoms with Gasteiger partial charge in [-0.2, -0.15) is 0 Å². The van der Waals surface area contributed by atoms with E-state index in [2.05, 4.69) is 5.32 Å². The SMILES string of the molecule is CNCCC(O)C1Cc2ccccc2N(c2ccccc2)S1(O)O. The van der Waals surface area contributed by atoms with E-state index in [4.69, 9.17) is 0 Å². The summed E-state index contributed by atoms with van der Waals surface area (Å²) in [7, 11) is -1.39. The van der Waals surface area contributed by atoms with Gasteiger partial charge in [0.05, 0.1) is 22.7 Å². The fourth-order valence-corrected chi connectivity index (χ4v) is 5.30. The van der Waals surface area contributed by atoms with E-state index in [-0.39, 0.29) is 0 Å². The number of hydrogen-bond acceptors (Lipinski definition) is 5. The summed E-state index contributed by atoms with van der Waals surface area (Å²) in [6, 6.07) is 17.1. The summed E-state index contributed by atoms with van der Waals surface area (Å²) in [5.74, 6) is 0. The van der Waals surface area contributed by atoms with Crippen molar-refractivity contribution in [2.75, 3.05) is 17.9 Å². The molecule has 0 aliphatic carbocycles. The normalized spacial score (nSPS) is 21.8. The fourth-order valence-electron chi connectivity index (χ4n) is 3.17. The predicted molar refractivity (Wildman–Crippen MR) is 99.9 cm³/mol. The second-order valence-corrected chi connectivity index (χ2v) is 8.11. The molecule has 24 heavy (non-hydrogen) atoms. The molecule has 0 saturated carbocycles. The number of nitrogens with one attached hydrogen (secondary N) is 1. The molecule has 0 amide bonds. The lowest BCUT2D eigenvalue weighted by Crippen LogP contribution is -2.44. The van der Waals surface area contributed by atoms with Crippen LogP contribution in [0.4, 0.5) is 11.4 Å². The first-order valence-electron chi connectivity index (χ1n) is 8.08. The van der Waals surface area contributed by atoms with Gasteiger partial charge in [0, 0.05) is 0 Å². The molecule has 6 heteroatoms. The van der Waals surface area contributed by atoms with Crippen LogP contribution in [0.1, 0.15) is 12.0 Å². The highest BCUT2D eigenvalue weighted by atomic mass is 32.3. The van der Waals surface area contributed by atoms with Crippen LogP contribution >= 0.6 is 10.8 Å². The van der Waals surface area contributed by atoms with Crippen molar-refractivity contribution in [3.63, 3.8) is 0 Å². The van der Waals surface area contributed by atoms with Crippen LogP contribution in [0.25, 0.3) is 0 Å². The molecule has 1 heterocycles. The number of aliphatic hydroxyl groups is 1. The minimum atomic E-state index is -3.20. The lowest BCUT2D eigenvalue weighted by atomic mass is 10.0. The number of aliphatic hydroxyl groups excluding tert-OH is 1. The van der Waals surface area contributed by atoms with Crippen LogP contribution in [-0.2, 0) is 6.42 Å². The van der Waals surface area contributed by atoms with Crippen molar-refractivity contribution in [2.45, 2.75) is 24.2 Å². The van der Waals surface area contributed by atoms with Gasteiger partial charge < -0.3 is 10.4 Å². The molecular formula is C18H24N2O3S. The Balaban J connectivity index is 2.05. The Hall–Kier alpha value is -1.57. The quantitative estimate of drug-likeness (QED) is 0.666. The molecular weight excluding hydrogens is 324 g/mol. The molecule has 0 bridgehead atoms. The molecule has 0 fully saturated rings. The molecule has 2 unspecified atom stereocenters. The Morgan fingerprint density at radius 1 is 1.12 bits per heavy atom. The van der Waals surface area contributed by atoms with E-state index >= 15 is 0 Å². The summed E-state index contributed by atoms with van der Waals surface area (Å²) < 4.78 is 23.7. The summed E-state index contributed by atoms with van der Waals surface area (Å²) in [6.45, 7) is 0.625. The topological polar surface area (TPSA) is 76.0 Å². The Bertz CT molecular complexity index is 681. The number of benzene rings is 2. The zero-order valence-electron chi connectivity index (χ0n) is 13.7. The summed E-state index contributed by atoms with van der Waals surface area (Å²) in [5, 5.41) is 12.9. The van der Waals surface area contributed by atoms with Gasteiger partial charge in [-0.25, -0.2) is 4.31 Å². The second-order valence-electron chi connectivity index (χ2n) is 6.02. The number of para-hydroxylation sites is 2. The highest BCUT2D eigenvalue weighted by Crippen LogP contribution is 2.60. The average Bonchev–Trinajstić information content (AvgIpc) is 2.59. The molecule has 2 aromatic rings. The second kappa shape index (κ2) is 7.13. The van der Waals surface area contributed by atoms with Gasteiger partial charge in [0.2, 0.25) is 0 Å². The molecule has 0 saturated heterocycles. The lowest BCUT2D eigenvalue weighted by Gasteiger charge is -2.54. The van der Waals surface area contributed by atoms with E-state index in [1.165, 1.54) is 0 Å². The summed E-state index contributed by atoms with van der Waals surface area (Å²) in [5.41, 5.74) is 2.53. The maximum absolute atomic E-state index is 11.0. The Labute approximate surface area is 144 Å². The van der Waals surface area contributed by atoms with Gasteiger partial charge >= 0.3 is 0 Å². The molecule has 0 spiro atoms. The Kier molecular flexibility index (Phi) is 5.12. The summed E-state index contributed by atoms with van der Waals surface area (Å²) >= 11 is 0. The highest BCUT2D eigenvalue weighted by molar-refractivity contribution is 8.26. The monoisotopic (exact) mass is 348 g/mol. The largest absolute Gasteiger partial charge is 0.391 e. The maximum Gasteiger partial charge on any atom is 0.0992 e. The molecule has 2 aromatic carbocycles. The van der Waals surface area contributed by atoms with E-state index in [0.717, 1.165) is 16.9 Å². The number of fused-ring (bicyclic) bond motifs is 1. The smallest absolute Gasteiger partial charge is 0.0992 e. The van der Waals surface area contributed by atoms with Crippen LogP contribution in [0.5, 0.6) is 0 Å². The lowest BCUT2D eigenvalue weighted by molar-refractivity contribution is 0.153. The minimum absolute atomic E-state index is 0.451. The van der Waals surface area contributed by atoms with E-state index in [9.17, 15) is 14.2 Å². The zero-order chi connectivity index (χ0) is 17.2. The van der Waals surface area contributed by atoms with Gasteiger partial charge in [-0.15, -0.1) is 10.8 Å². The van der Waals surface area contributed by atoms with Crippen molar-refractivity contribution in [3.8, 4) is 0 Å². The molecule has 0 aromatic heterocycles. The molecule has 2 atom stereocenters. The Morgan fingerprint density at radius 3 is 2.50 bits per heavy atom. The molecule has 1 aliphatic rings. The number of anilines is 2. The Morgan fingerprint density at radius 2 is 1.79 bits per heavy atom. The fraction of sp³-hybridized carbons (Fsp3) is 0.333. The van der Waals surface area contributed by atoms with Crippen LogP contribution < -0.4 is 9.62 Å². The van der Waals surface area contributed by atoms with Crippen molar-refractivity contribution in [2.24, 2.45) is 0 Å². The van der Waals surface area contributed by atoms with Gasteiger partial charge in [0.15, 0.2) is 0 Å². The van der Waals surface area contributed by atoms with E-state index < -0.39 is 22.1 Å². The third-order valence-electron chi connectivity index (χ3n) is 4.42. The van der Waals surface area contributed by atoms with E-state index in [1.54, 1.807) is 4.31 Å². The van der Waals surface area contributed by atoms with Crippen molar-refractivity contribution in [3.05, 3.63) is 60.2 Å². The third-order valence-corrected chi connectivity index (χ3v) is 6.65. The van der Waals surface area contributed by atoms with Crippen molar-refractivity contribution < 1.29 is 14.2 Å².